The van der Waals surface area contributed by atoms with Crippen molar-refractivity contribution < 1.29 is 8.42 Å². The molecule has 6 heteroatoms. The molecule has 1 aliphatic rings. The molecule has 3 N–H and O–H groups in total. The lowest BCUT2D eigenvalue weighted by Crippen LogP contribution is -2.57. The molecule has 0 aromatic heterocycles. The first-order chi connectivity index (χ1) is 7.26. The second kappa shape index (κ2) is 5.00. The Balaban J connectivity index is 2.80. The van der Waals surface area contributed by atoms with Crippen molar-refractivity contribution in [2.45, 2.75) is 26.8 Å². The zero-order chi connectivity index (χ0) is 12.4. The molecule has 1 rings (SSSR count). The molecule has 1 aliphatic heterocycles. The standard InChI is InChI=1S/C10H23N3O2S/c1-10(2,3)8-16(14,15)13-5-4-12-7-9(13)6-11/h9,12H,4-8,11H2,1-3H3. The van der Waals surface area contributed by atoms with Gasteiger partial charge in [0, 0.05) is 32.2 Å². The number of nitrogens with two attached hydrogens (primary N) is 1. The Morgan fingerprint density at radius 2 is 2.06 bits per heavy atom. The van der Waals surface area contributed by atoms with Gasteiger partial charge in [-0.05, 0) is 5.41 Å². The second-order valence-corrected chi connectivity index (χ2v) is 7.44. The minimum atomic E-state index is -3.19. The van der Waals surface area contributed by atoms with E-state index >= 15 is 0 Å². The number of sulfonamides is 1. The van der Waals surface area contributed by atoms with Crippen LogP contribution in [0.3, 0.4) is 0 Å². The van der Waals surface area contributed by atoms with Crippen molar-refractivity contribution in [3.63, 3.8) is 0 Å². The number of hydrogen-bond acceptors (Lipinski definition) is 4. The first-order valence-electron chi connectivity index (χ1n) is 5.66. The van der Waals surface area contributed by atoms with Crippen LogP contribution >= 0.6 is 0 Å². The third-order valence-corrected chi connectivity index (χ3v) is 4.97. The summed E-state index contributed by atoms with van der Waals surface area (Å²) in [5, 5.41) is 3.16. The molecule has 1 unspecified atom stereocenters. The Labute approximate surface area is 98.4 Å². The second-order valence-electron chi connectivity index (χ2n) is 5.52. The summed E-state index contributed by atoms with van der Waals surface area (Å²) >= 11 is 0. The summed E-state index contributed by atoms with van der Waals surface area (Å²) < 4.78 is 26.0. The van der Waals surface area contributed by atoms with Crippen LogP contribution in [0.15, 0.2) is 0 Å². The van der Waals surface area contributed by atoms with Crippen LogP contribution in [0.5, 0.6) is 0 Å². The highest BCUT2D eigenvalue weighted by Gasteiger charge is 2.34. The molecule has 0 bridgehead atoms. The van der Waals surface area contributed by atoms with Gasteiger partial charge in [-0.3, -0.25) is 0 Å². The predicted octanol–water partition coefficient (Wildman–Crippen LogP) is -0.405. The lowest BCUT2D eigenvalue weighted by molar-refractivity contribution is 0.268. The Morgan fingerprint density at radius 1 is 1.44 bits per heavy atom. The normalized spacial score (nSPS) is 24.6. The van der Waals surface area contributed by atoms with E-state index in [0.717, 1.165) is 0 Å². The van der Waals surface area contributed by atoms with Gasteiger partial charge >= 0.3 is 0 Å². The first-order valence-corrected chi connectivity index (χ1v) is 7.27. The fourth-order valence-electron chi connectivity index (χ4n) is 1.94. The van der Waals surface area contributed by atoms with E-state index in [0.29, 0.717) is 26.2 Å². The molecule has 0 spiro atoms. The van der Waals surface area contributed by atoms with Gasteiger partial charge in [-0.15, -0.1) is 0 Å². The van der Waals surface area contributed by atoms with Crippen LogP contribution in [0.1, 0.15) is 20.8 Å². The van der Waals surface area contributed by atoms with Gasteiger partial charge < -0.3 is 11.1 Å². The summed E-state index contributed by atoms with van der Waals surface area (Å²) in [6, 6.07) is -0.0962. The highest BCUT2D eigenvalue weighted by atomic mass is 32.2. The average Bonchev–Trinajstić information content (AvgIpc) is 2.14. The molecule has 0 saturated carbocycles. The molecule has 0 aromatic carbocycles. The van der Waals surface area contributed by atoms with Crippen molar-refractivity contribution in [3.05, 3.63) is 0 Å². The maximum absolute atomic E-state index is 12.2. The monoisotopic (exact) mass is 249 g/mol. The zero-order valence-electron chi connectivity index (χ0n) is 10.4. The third kappa shape index (κ3) is 3.69. The first kappa shape index (κ1) is 13.9. The van der Waals surface area contributed by atoms with E-state index in [-0.39, 0.29) is 17.2 Å². The van der Waals surface area contributed by atoms with Crippen LogP contribution in [0.25, 0.3) is 0 Å². The molecule has 1 heterocycles. The molecular weight excluding hydrogens is 226 g/mol. The number of nitrogens with zero attached hydrogens (tertiary/aromatic N) is 1. The average molecular weight is 249 g/mol. The lowest BCUT2D eigenvalue weighted by Gasteiger charge is -2.36. The summed E-state index contributed by atoms with van der Waals surface area (Å²) in [5.41, 5.74) is 5.39. The smallest absolute Gasteiger partial charge is 0.214 e. The Bertz CT molecular complexity index is 321. The molecule has 1 atom stereocenters. The van der Waals surface area contributed by atoms with Crippen molar-refractivity contribution in [1.82, 2.24) is 9.62 Å². The maximum Gasteiger partial charge on any atom is 0.214 e. The van der Waals surface area contributed by atoms with Crippen molar-refractivity contribution in [1.29, 1.82) is 0 Å². The SMILES string of the molecule is CC(C)(C)CS(=O)(=O)N1CCNCC1CN. The Hall–Kier alpha value is -0.170. The van der Waals surface area contributed by atoms with Gasteiger partial charge in [0.25, 0.3) is 0 Å². The number of piperazine rings is 1. The lowest BCUT2D eigenvalue weighted by atomic mass is 10.0. The van der Waals surface area contributed by atoms with Crippen LogP contribution in [0.4, 0.5) is 0 Å². The van der Waals surface area contributed by atoms with Crippen molar-refractivity contribution in [2.75, 3.05) is 31.9 Å². The van der Waals surface area contributed by atoms with E-state index in [1.54, 1.807) is 4.31 Å². The number of hydrogen-bond donors (Lipinski definition) is 2. The molecule has 0 aliphatic carbocycles. The fraction of sp³-hybridized carbons (Fsp3) is 1.00. The quantitative estimate of drug-likeness (QED) is 0.713. The van der Waals surface area contributed by atoms with E-state index in [9.17, 15) is 8.42 Å². The van der Waals surface area contributed by atoms with Crippen LogP contribution < -0.4 is 11.1 Å². The topological polar surface area (TPSA) is 75.4 Å². The van der Waals surface area contributed by atoms with Crippen LogP contribution in [0, 0.1) is 5.41 Å². The maximum atomic E-state index is 12.2. The van der Waals surface area contributed by atoms with Gasteiger partial charge in [-0.2, -0.15) is 4.31 Å². The van der Waals surface area contributed by atoms with Gasteiger partial charge in [-0.25, -0.2) is 8.42 Å². The zero-order valence-corrected chi connectivity index (χ0v) is 11.2. The van der Waals surface area contributed by atoms with Crippen molar-refractivity contribution in [2.24, 2.45) is 11.1 Å². The highest BCUT2D eigenvalue weighted by molar-refractivity contribution is 7.89. The van der Waals surface area contributed by atoms with E-state index < -0.39 is 10.0 Å². The van der Waals surface area contributed by atoms with E-state index in [1.165, 1.54) is 0 Å². The van der Waals surface area contributed by atoms with E-state index in [1.807, 2.05) is 20.8 Å². The van der Waals surface area contributed by atoms with Gasteiger partial charge in [0.1, 0.15) is 0 Å². The molecular formula is C10H23N3O2S. The molecule has 0 aromatic rings. The summed E-state index contributed by atoms with van der Waals surface area (Å²) in [7, 11) is -3.19. The number of rotatable bonds is 3. The minimum absolute atomic E-state index is 0.0962. The largest absolute Gasteiger partial charge is 0.329 e. The van der Waals surface area contributed by atoms with Gasteiger partial charge in [0.05, 0.1) is 5.75 Å². The molecule has 1 saturated heterocycles. The predicted molar refractivity (Wildman–Crippen MR) is 65.7 cm³/mol. The van der Waals surface area contributed by atoms with Gasteiger partial charge in [-0.1, -0.05) is 20.8 Å². The van der Waals surface area contributed by atoms with Crippen molar-refractivity contribution in [3.8, 4) is 0 Å². The van der Waals surface area contributed by atoms with E-state index in [4.69, 9.17) is 5.73 Å². The van der Waals surface area contributed by atoms with E-state index in [2.05, 4.69) is 5.32 Å². The number of nitrogens with one attached hydrogen (secondary N) is 1. The summed E-state index contributed by atoms with van der Waals surface area (Å²) in [5.74, 6) is 0.177. The fourth-order valence-corrected chi connectivity index (χ4v) is 4.18. The Kier molecular flexibility index (Phi) is 4.34. The van der Waals surface area contributed by atoms with Crippen molar-refractivity contribution >= 4 is 10.0 Å². The summed E-state index contributed by atoms with van der Waals surface area (Å²) in [6.07, 6.45) is 0. The van der Waals surface area contributed by atoms with Gasteiger partial charge in [0.2, 0.25) is 10.0 Å². The summed E-state index contributed by atoms with van der Waals surface area (Å²) in [6.45, 7) is 8.06. The minimum Gasteiger partial charge on any atom is -0.329 e. The highest BCUT2D eigenvalue weighted by Crippen LogP contribution is 2.20. The molecule has 5 nitrogen and oxygen atoms in total. The molecule has 96 valence electrons. The van der Waals surface area contributed by atoms with Gasteiger partial charge in [0.15, 0.2) is 0 Å². The third-order valence-electron chi connectivity index (χ3n) is 2.54. The summed E-state index contributed by atoms with van der Waals surface area (Å²) in [4.78, 5) is 0. The molecule has 0 amide bonds. The van der Waals surface area contributed by atoms with Crippen LogP contribution in [-0.4, -0.2) is 50.7 Å². The molecule has 1 fully saturated rings. The van der Waals surface area contributed by atoms with Crippen LogP contribution in [-0.2, 0) is 10.0 Å². The van der Waals surface area contributed by atoms with Crippen LogP contribution in [0.2, 0.25) is 0 Å². The Morgan fingerprint density at radius 3 is 2.56 bits per heavy atom. The molecule has 16 heavy (non-hydrogen) atoms. The molecule has 0 radical (unpaired) electrons.